The van der Waals surface area contributed by atoms with Gasteiger partial charge in [-0.2, -0.15) is 0 Å². The first-order valence-electron chi connectivity index (χ1n) is 6.02. The highest BCUT2D eigenvalue weighted by atomic mass is 35.5. The number of anilines is 1. The van der Waals surface area contributed by atoms with Crippen LogP contribution in [0.15, 0.2) is 12.3 Å². The first-order valence-corrected chi connectivity index (χ1v) is 6.40. The zero-order valence-electron chi connectivity index (χ0n) is 9.66. The number of carbonyl (C=O) groups is 1. The lowest BCUT2D eigenvalue weighted by Crippen LogP contribution is -2.19. The van der Waals surface area contributed by atoms with Crippen molar-refractivity contribution in [3.8, 4) is 0 Å². The minimum atomic E-state index is -0.0147. The molecule has 92 valence electrons. The minimum Gasteiger partial charge on any atom is -0.294 e. The highest BCUT2D eigenvalue weighted by molar-refractivity contribution is 6.29. The van der Waals surface area contributed by atoms with Crippen LogP contribution in [0.2, 0.25) is 5.15 Å². The van der Waals surface area contributed by atoms with E-state index in [0.717, 1.165) is 12.8 Å². The summed E-state index contributed by atoms with van der Waals surface area (Å²) >= 11 is 5.72. The van der Waals surface area contributed by atoms with Gasteiger partial charge in [-0.25, -0.2) is 9.97 Å². The van der Waals surface area contributed by atoms with E-state index in [4.69, 9.17) is 11.6 Å². The fraction of sp³-hybridized carbons (Fsp3) is 0.583. The Morgan fingerprint density at radius 1 is 1.41 bits per heavy atom. The highest BCUT2D eigenvalue weighted by Gasteiger charge is 2.17. The van der Waals surface area contributed by atoms with E-state index in [2.05, 4.69) is 15.3 Å². The Morgan fingerprint density at radius 3 is 2.88 bits per heavy atom. The van der Waals surface area contributed by atoms with E-state index in [-0.39, 0.29) is 5.91 Å². The van der Waals surface area contributed by atoms with Crippen LogP contribution in [0.5, 0.6) is 0 Å². The molecule has 1 heterocycles. The standard InChI is InChI=1S/C12H16ClN3O/c13-10-6-7-14-12(15-10)16-11(17)8-9-4-2-1-3-5-9/h6-7,9H,1-5,8H2,(H,14,15,16,17). The second-order valence-corrected chi connectivity index (χ2v) is 4.85. The molecule has 1 aromatic rings. The number of aromatic nitrogens is 2. The van der Waals surface area contributed by atoms with Crippen LogP contribution in [-0.4, -0.2) is 15.9 Å². The normalized spacial score (nSPS) is 16.8. The summed E-state index contributed by atoms with van der Waals surface area (Å²) in [6.45, 7) is 0. The molecular weight excluding hydrogens is 238 g/mol. The Labute approximate surface area is 106 Å². The predicted octanol–water partition coefficient (Wildman–Crippen LogP) is 3.04. The third kappa shape index (κ3) is 3.97. The Hall–Kier alpha value is -1.16. The summed E-state index contributed by atoms with van der Waals surface area (Å²) in [5, 5.41) is 3.03. The third-order valence-corrected chi connectivity index (χ3v) is 3.28. The second kappa shape index (κ2) is 5.96. The molecule has 1 aromatic heterocycles. The maximum atomic E-state index is 11.8. The molecule has 1 N–H and O–H groups in total. The molecule has 1 fully saturated rings. The molecule has 1 amide bonds. The van der Waals surface area contributed by atoms with Gasteiger partial charge in [0.25, 0.3) is 0 Å². The van der Waals surface area contributed by atoms with Gasteiger partial charge in [-0.1, -0.05) is 30.9 Å². The summed E-state index contributed by atoms with van der Waals surface area (Å²) in [6, 6.07) is 1.58. The van der Waals surface area contributed by atoms with Crippen molar-refractivity contribution >= 4 is 23.5 Å². The summed E-state index contributed by atoms with van der Waals surface area (Å²) in [6.07, 6.45) is 8.20. The number of nitrogens with one attached hydrogen (secondary N) is 1. The van der Waals surface area contributed by atoms with Crippen LogP contribution >= 0.6 is 11.6 Å². The zero-order valence-corrected chi connectivity index (χ0v) is 10.4. The topological polar surface area (TPSA) is 54.9 Å². The van der Waals surface area contributed by atoms with Gasteiger partial charge in [0.15, 0.2) is 0 Å². The molecule has 1 aliphatic carbocycles. The van der Waals surface area contributed by atoms with E-state index >= 15 is 0 Å². The molecule has 0 spiro atoms. The molecule has 17 heavy (non-hydrogen) atoms. The fourth-order valence-corrected chi connectivity index (χ4v) is 2.36. The molecule has 0 unspecified atom stereocenters. The molecule has 0 aromatic carbocycles. The molecule has 0 radical (unpaired) electrons. The van der Waals surface area contributed by atoms with Gasteiger partial charge in [0.1, 0.15) is 5.15 Å². The molecule has 0 atom stereocenters. The lowest BCUT2D eigenvalue weighted by molar-refractivity contribution is -0.117. The van der Waals surface area contributed by atoms with E-state index in [0.29, 0.717) is 23.4 Å². The van der Waals surface area contributed by atoms with E-state index in [1.165, 1.54) is 25.5 Å². The monoisotopic (exact) mass is 253 g/mol. The number of halogens is 1. The molecule has 5 heteroatoms. The summed E-state index contributed by atoms with van der Waals surface area (Å²) < 4.78 is 0. The van der Waals surface area contributed by atoms with Gasteiger partial charge in [0, 0.05) is 12.6 Å². The van der Waals surface area contributed by atoms with Gasteiger partial charge in [0.2, 0.25) is 11.9 Å². The molecular formula is C12H16ClN3O. The Balaban J connectivity index is 1.84. The minimum absolute atomic E-state index is 0.0147. The van der Waals surface area contributed by atoms with Gasteiger partial charge < -0.3 is 0 Å². The maximum Gasteiger partial charge on any atom is 0.230 e. The van der Waals surface area contributed by atoms with Crippen molar-refractivity contribution in [3.05, 3.63) is 17.4 Å². The quantitative estimate of drug-likeness (QED) is 0.843. The van der Waals surface area contributed by atoms with Crippen molar-refractivity contribution in [2.24, 2.45) is 5.92 Å². The lowest BCUT2D eigenvalue weighted by Gasteiger charge is -2.20. The summed E-state index contributed by atoms with van der Waals surface area (Å²) in [7, 11) is 0. The summed E-state index contributed by atoms with van der Waals surface area (Å²) in [4.78, 5) is 19.6. The van der Waals surface area contributed by atoms with E-state index < -0.39 is 0 Å². The smallest absolute Gasteiger partial charge is 0.230 e. The number of amides is 1. The van der Waals surface area contributed by atoms with Crippen molar-refractivity contribution < 1.29 is 4.79 Å². The number of carbonyl (C=O) groups excluding carboxylic acids is 1. The maximum absolute atomic E-state index is 11.8. The summed E-state index contributed by atoms with van der Waals surface area (Å²) in [5.41, 5.74) is 0. The van der Waals surface area contributed by atoms with E-state index in [1.54, 1.807) is 6.07 Å². The molecule has 1 saturated carbocycles. The third-order valence-electron chi connectivity index (χ3n) is 3.07. The van der Waals surface area contributed by atoms with Crippen molar-refractivity contribution in [2.75, 3.05) is 5.32 Å². The van der Waals surface area contributed by atoms with Crippen LogP contribution in [-0.2, 0) is 4.79 Å². The van der Waals surface area contributed by atoms with E-state index in [1.807, 2.05) is 0 Å². The number of nitrogens with zero attached hydrogens (tertiary/aromatic N) is 2. The molecule has 0 aliphatic heterocycles. The average molecular weight is 254 g/mol. The van der Waals surface area contributed by atoms with Gasteiger partial charge in [0.05, 0.1) is 0 Å². The predicted molar refractivity (Wildman–Crippen MR) is 66.9 cm³/mol. The summed E-state index contributed by atoms with van der Waals surface area (Å²) in [5.74, 6) is 0.792. The number of rotatable bonds is 3. The van der Waals surface area contributed by atoms with Crippen LogP contribution in [0, 0.1) is 5.92 Å². The van der Waals surface area contributed by atoms with Gasteiger partial charge >= 0.3 is 0 Å². The van der Waals surface area contributed by atoms with Crippen LogP contribution in [0.3, 0.4) is 0 Å². The molecule has 2 rings (SSSR count). The van der Waals surface area contributed by atoms with Crippen LogP contribution in [0.25, 0.3) is 0 Å². The van der Waals surface area contributed by atoms with Crippen molar-refractivity contribution in [1.82, 2.24) is 9.97 Å². The SMILES string of the molecule is O=C(CC1CCCCC1)Nc1nccc(Cl)n1. The van der Waals surface area contributed by atoms with Crippen LogP contribution in [0.1, 0.15) is 38.5 Å². The van der Waals surface area contributed by atoms with E-state index in [9.17, 15) is 4.79 Å². The first kappa shape index (κ1) is 12.3. The van der Waals surface area contributed by atoms with Crippen LogP contribution < -0.4 is 5.32 Å². The second-order valence-electron chi connectivity index (χ2n) is 4.46. The number of hydrogen-bond acceptors (Lipinski definition) is 3. The zero-order chi connectivity index (χ0) is 12.1. The Morgan fingerprint density at radius 2 is 2.18 bits per heavy atom. The Bertz CT molecular complexity index is 391. The largest absolute Gasteiger partial charge is 0.294 e. The Kier molecular flexibility index (Phi) is 4.31. The highest BCUT2D eigenvalue weighted by Crippen LogP contribution is 2.26. The molecule has 1 aliphatic rings. The van der Waals surface area contributed by atoms with Gasteiger partial charge in [-0.15, -0.1) is 0 Å². The average Bonchev–Trinajstić information content (AvgIpc) is 2.30. The fourth-order valence-electron chi connectivity index (χ4n) is 2.23. The molecule has 0 saturated heterocycles. The first-order chi connectivity index (χ1) is 8.24. The van der Waals surface area contributed by atoms with Gasteiger partial charge in [-0.3, -0.25) is 10.1 Å². The number of hydrogen-bond donors (Lipinski definition) is 1. The van der Waals surface area contributed by atoms with Gasteiger partial charge in [-0.05, 0) is 24.8 Å². The van der Waals surface area contributed by atoms with Crippen molar-refractivity contribution in [1.29, 1.82) is 0 Å². The lowest BCUT2D eigenvalue weighted by atomic mass is 9.87. The van der Waals surface area contributed by atoms with Crippen LogP contribution in [0.4, 0.5) is 5.95 Å². The van der Waals surface area contributed by atoms with Crippen molar-refractivity contribution in [2.45, 2.75) is 38.5 Å². The van der Waals surface area contributed by atoms with Crippen molar-refractivity contribution in [3.63, 3.8) is 0 Å². The molecule has 4 nitrogen and oxygen atoms in total. The molecule has 0 bridgehead atoms.